The molecule has 0 aliphatic carbocycles. The quantitative estimate of drug-likeness (QED) is 0.466. The number of aryl methyl sites for hydroxylation is 2. The van der Waals surface area contributed by atoms with Crippen molar-refractivity contribution in [3.8, 4) is 17.4 Å². The molecule has 1 fully saturated rings. The van der Waals surface area contributed by atoms with Crippen LogP contribution in [-0.4, -0.2) is 62.3 Å². The molecule has 1 aromatic carbocycles. The van der Waals surface area contributed by atoms with Crippen molar-refractivity contribution in [2.45, 2.75) is 32.4 Å². The third kappa shape index (κ3) is 3.65. The van der Waals surface area contributed by atoms with E-state index in [0.29, 0.717) is 42.2 Å². The summed E-state index contributed by atoms with van der Waals surface area (Å²) in [6, 6.07) is 5.52. The normalized spacial score (nSPS) is 16.3. The van der Waals surface area contributed by atoms with Gasteiger partial charge in [0.05, 0.1) is 19.2 Å². The molecule has 0 unspecified atom stereocenters. The van der Waals surface area contributed by atoms with Crippen molar-refractivity contribution >= 4 is 44.7 Å². The van der Waals surface area contributed by atoms with Crippen LogP contribution < -0.4 is 10.5 Å². The van der Waals surface area contributed by atoms with Gasteiger partial charge in [-0.05, 0) is 43.3 Å². The lowest BCUT2D eigenvalue weighted by atomic mass is 10.1. The topological polar surface area (TPSA) is 117 Å². The van der Waals surface area contributed by atoms with Crippen molar-refractivity contribution in [2.75, 3.05) is 20.2 Å². The SMILES string of the molecule is CCn1c(-c2nc3cc(C(=O)N4CCC[C@@H](OC(N)=O)C4)cc(OC)c3n2C)nc2ccsc21. The summed E-state index contributed by atoms with van der Waals surface area (Å²) in [4.78, 5) is 36.9. The molecule has 2 amide bonds. The molecule has 2 N–H and O–H groups in total. The number of ether oxygens (including phenoxy) is 2. The summed E-state index contributed by atoms with van der Waals surface area (Å²) in [5.74, 6) is 1.87. The van der Waals surface area contributed by atoms with Gasteiger partial charge in [0.1, 0.15) is 27.7 Å². The molecule has 10 nitrogen and oxygen atoms in total. The van der Waals surface area contributed by atoms with Crippen molar-refractivity contribution in [1.82, 2.24) is 24.0 Å². The second kappa shape index (κ2) is 8.64. The van der Waals surface area contributed by atoms with E-state index >= 15 is 0 Å². The fourth-order valence-corrected chi connectivity index (χ4v) is 5.57. The summed E-state index contributed by atoms with van der Waals surface area (Å²) in [7, 11) is 3.50. The number of piperidine rings is 1. The zero-order valence-corrected chi connectivity index (χ0v) is 20.1. The first-order chi connectivity index (χ1) is 16.4. The van der Waals surface area contributed by atoms with Gasteiger partial charge in [0.15, 0.2) is 11.6 Å². The Morgan fingerprint density at radius 1 is 1.24 bits per heavy atom. The minimum absolute atomic E-state index is 0.166. The molecule has 5 rings (SSSR count). The van der Waals surface area contributed by atoms with Crippen LogP contribution in [0.4, 0.5) is 4.79 Å². The van der Waals surface area contributed by atoms with Crippen molar-refractivity contribution in [2.24, 2.45) is 12.8 Å². The lowest BCUT2D eigenvalue weighted by Crippen LogP contribution is -2.44. The van der Waals surface area contributed by atoms with E-state index in [9.17, 15) is 9.59 Å². The maximum Gasteiger partial charge on any atom is 0.404 e. The van der Waals surface area contributed by atoms with Gasteiger partial charge in [-0.15, -0.1) is 11.3 Å². The molecule has 3 aromatic heterocycles. The van der Waals surface area contributed by atoms with Crippen LogP contribution in [0.3, 0.4) is 0 Å². The van der Waals surface area contributed by atoms with Gasteiger partial charge in [-0.1, -0.05) is 0 Å². The molecule has 1 aliphatic heterocycles. The number of nitrogens with zero attached hydrogens (tertiary/aromatic N) is 5. The van der Waals surface area contributed by atoms with Gasteiger partial charge in [-0.2, -0.15) is 0 Å². The molecule has 1 atom stereocenters. The number of thiophene rings is 1. The van der Waals surface area contributed by atoms with E-state index in [0.717, 1.165) is 34.7 Å². The van der Waals surface area contributed by atoms with Crippen molar-refractivity contribution in [3.63, 3.8) is 0 Å². The highest BCUT2D eigenvalue weighted by Crippen LogP contribution is 2.34. The average molecular weight is 483 g/mol. The molecule has 0 spiro atoms. The molecule has 4 heterocycles. The minimum Gasteiger partial charge on any atom is -0.494 e. The number of aromatic nitrogens is 4. The maximum atomic E-state index is 13.3. The van der Waals surface area contributed by atoms with E-state index < -0.39 is 12.2 Å². The van der Waals surface area contributed by atoms with Gasteiger partial charge in [0.25, 0.3) is 5.91 Å². The molecule has 1 saturated heterocycles. The van der Waals surface area contributed by atoms with Crippen molar-refractivity contribution in [1.29, 1.82) is 0 Å². The number of fused-ring (bicyclic) bond motifs is 2. The first-order valence-corrected chi connectivity index (χ1v) is 12.0. The Balaban J connectivity index is 1.55. The first-order valence-electron chi connectivity index (χ1n) is 11.1. The zero-order valence-electron chi connectivity index (χ0n) is 19.3. The largest absolute Gasteiger partial charge is 0.494 e. The third-order valence-corrected chi connectivity index (χ3v) is 7.14. The van der Waals surface area contributed by atoms with Gasteiger partial charge in [-0.3, -0.25) is 4.79 Å². The van der Waals surface area contributed by atoms with E-state index in [-0.39, 0.29) is 5.91 Å². The number of hydrogen-bond donors (Lipinski definition) is 1. The fraction of sp³-hybridized carbons (Fsp3) is 0.391. The Morgan fingerprint density at radius 3 is 2.76 bits per heavy atom. The van der Waals surface area contributed by atoms with Gasteiger partial charge in [0.2, 0.25) is 0 Å². The van der Waals surface area contributed by atoms with Crippen LogP contribution in [0.25, 0.3) is 33.0 Å². The number of primary amides is 1. The predicted octanol–water partition coefficient (Wildman–Crippen LogP) is 3.38. The highest BCUT2D eigenvalue weighted by Gasteiger charge is 2.28. The molecule has 11 heteroatoms. The Morgan fingerprint density at radius 2 is 2.03 bits per heavy atom. The summed E-state index contributed by atoms with van der Waals surface area (Å²) in [5, 5.41) is 2.03. The Labute approximate surface area is 199 Å². The predicted molar refractivity (Wildman–Crippen MR) is 129 cm³/mol. The van der Waals surface area contributed by atoms with Crippen LogP contribution in [-0.2, 0) is 18.3 Å². The van der Waals surface area contributed by atoms with E-state index in [1.807, 2.05) is 23.1 Å². The molecule has 4 aromatic rings. The lowest BCUT2D eigenvalue weighted by molar-refractivity contribution is 0.0373. The fourth-order valence-electron chi connectivity index (χ4n) is 4.67. The molecular formula is C23H26N6O4S. The summed E-state index contributed by atoms with van der Waals surface area (Å²) >= 11 is 1.65. The standard InChI is InChI=1S/C23H26N6O4S/c1-4-29-20(25-15-7-9-34-22(15)29)19-26-16-10-13(11-17(32-3)18(16)27(19)2)21(30)28-8-5-6-14(12-28)33-23(24)31/h7,9-11,14H,4-6,8,12H2,1-3H3,(H2,24,31)/t14-/m1/s1. The van der Waals surface area contributed by atoms with Crippen molar-refractivity contribution in [3.05, 3.63) is 29.1 Å². The second-order valence-electron chi connectivity index (χ2n) is 8.28. The molecular weight excluding hydrogens is 456 g/mol. The van der Waals surface area contributed by atoms with E-state index in [4.69, 9.17) is 25.2 Å². The number of likely N-dealkylation sites (tertiary alicyclic amines) is 1. The number of rotatable bonds is 5. The summed E-state index contributed by atoms with van der Waals surface area (Å²) < 4.78 is 14.9. The number of nitrogens with two attached hydrogens (primary N) is 1. The molecule has 0 bridgehead atoms. The van der Waals surface area contributed by atoms with Crippen LogP contribution >= 0.6 is 11.3 Å². The second-order valence-corrected chi connectivity index (χ2v) is 9.18. The zero-order chi connectivity index (χ0) is 24.0. The first kappa shape index (κ1) is 22.2. The number of methoxy groups -OCH3 is 1. The summed E-state index contributed by atoms with van der Waals surface area (Å²) in [5.41, 5.74) is 8.00. The highest BCUT2D eigenvalue weighted by atomic mass is 32.1. The van der Waals surface area contributed by atoms with Crippen molar-refractivity contribution < 1.29 is 19.1 Å². The number of imidazole rings is 2. The smallest absolute Gasteiger partial charge is 0.404 e. The Kier molecular flexibility index (Phi) is 5.64. The van der Waals surface area contributed by atoms with E-state index in [1.165, 1.54) is 0 Å². The van der Waals surface area contributed by atoms with Gasteiger partial charge in [-0.25, -0.2) is 14.8 Å². The van der Waals surface area contributed by atoms with Gasteiger partial charge >= 0.3 is 6.09 Å². The van der Waals surface area contributed by atoms with E-state index in [2.05, 4.69) is 11.5 Å². The molecule has 34 heavy (non-hydrogen) atoms. The number of benzene rings is 1. The van der Waals surface area contributed by atoms with Crippen LogP contribution in [0.15, 0.2) is 23.6 Å². The van der Waals surface area contributed by atoms with Crippen LogP contribution in [0.5, 0.6) is 5.75 Å². The molecule has 0 saturated carbocycles. The monoisotopic (exact) mass is 482 g/mol. The summed E-state index contributed by atoms with van der Waals surface area (Å²) in [6.45, 7) is 3.73. The number of carbonyl (C=O) groups excluding carboxylic acids is 2. The third-order valence-electron chi connectivity index (χ3n) is 6.22. The molecule has 1 aliphatic rings. The molecule has 0 radical (unpaired) electrons. The highest BCUT2D eigenvalue weighted by molar-refractivity contribution is 7.16. The van der Waals surface area contributed by atoms with Gasteiger partial charge in [0, 0.05) is 25.7 Å². The van der Waals surface area contributed by atoms with Crippen LogP contribution in [0, 0.1) is 0 Å². The average Bonchev–Trinajstić information content (AvgIpc) is 3.50. The number of amides is 2. The Hall–Kier alpha value is -3.60. The lowest BCUT2D eigenvalue weighted by Gasteiger charge is -2.32. The molecule has 178 valence electrons. The van der Waals surface area contributed by atoms with Gasteiger partial charge < -0.3 is 29.2 Å². The maximum absolute atomic E-state index is 13.3. The van der Waals surface area contributed by atoms with Crippen LogP contribution in [0.2, 0.25) is 0 Å². The van der Waals surface area contributed by atoms with Crippen LogP contribution in [0.1, 0.15) is 30.1 Å². The Bertz CT molecular complexity index is 1400. The summed E-state index contributed by atoms with van der Waals surface area (Å²) in [6.07, 6.45) is 0.186. The minimum atomic E-state index is -0.825. The number of carbonyl (C=O) groups is 2. The van der Waals surface area contributed by atoms with E-state index in [1.54, 1.807) is 35.5 Å². The number of hydrogen-bond acceptors (Lipinski definition) is 7.